The summed E-state index contributed by atoms with van der Waals surface area (Å²) >= 11 is 3.38. The Kier molecular flexibility index (Phi) is 3.53. The number of nitrogens with one attached hydrogen (secondary N) is 1. The minimum absolute atomic E-state index is 0.174. The molecule has 3 aromatic rings. The summed E-state index contributed by atoms with van der Waals surface area (Å²) in [5, 5.41) is 3.42. The molecule has 0 aliphatic carbocycles. The van der Waals surface area contributed by atoms with Gasteiger partial charge in [0.2, 0.25) is 5.43 Å². The maximum absolute atomic E-state index is 12.8. The standard InChI is InChI=1S/C19H15BrN2O2/c1-11-8-12-4-2-7-15-17(12)22(11)10-16(18(15)23)19(24)21-14-6-3-5-13(20)9-14/h2-7,9-11H,8H2,1H3,(H,21,24)/t11-/m0/s1. The van der Waals surface area contributed by atoms with E-state index in [2.05, 4.69) is 28.2 Å². The van der Waals surface area contributed by atoms with Gasteiger partial charge in [-0.1, -0.05) is 34.1 Å². The predicted octanol–water partition coefficient (Wildman–Crippen LogP) is 4.13. The Hall–Kier alpha value is -2.40. The Bertz CT molecular complexity index is 1040. The van der Waals surface area contributed by atoms with Gasteiger partial charge in [-0.2, -0.15) is 0 Å². The van der Waals surface area contributed by atoms with Gasteiger partial charge in [0.25, 0.3) is 5.91 Å². The van der Waals surface area contributed by atoms with Gasteiger partial charge in [0.05, 0.1) is 5.52 Å². The Morgan fingerprint density at radius 3 is 2.83 bits per heavy atom. The van der Waals surface area contributed by atoms with Gasteiger partial charge in [-0.3, -0.25) is 9.59 Å². The molecule has 0 unspecified atom stereocenters. The first-order valence-corrected chi connectivity index (χ1v) is 8.57. The highest BCUT2D eigenvalue weighted by Crippen LogP contribution is 2.31. The van der Waals surface area contributed by atoms with E-state index in [1.165, 1.54) is 0 Å². The number of hydrogen-bond acceptors (Lipinski definition) is 2. The second kappa shape index (κ2) is 5.60. The largest absolute Gasteiger partial charge is 0.343 e. The number of rotatable bonds is 2. The quantitative estimate of drug-likeness (QED) is 0.724. The second-order valence-corrected chi connectivity index (χ2v) is 7.03. The topological polar surface area (TPSA) is 51.1 Å². The number of nitrogens with zero attached hydrogens (tertiary/aromatic N) is 1. The van der Waals surface area contributed by atoms with Crippen molar-refractivity contribution < 1.29 is 4.79 Å². The maximum atomic E-state index is 12.8. The van der Waals surface area contributed by atoms with Crippen LogP contribution in [0.5, 0.6) is 0 Å². The number of carbonyl (C=O) groups is 1. The van der Waals surface area contributed by atoms with Crippen LogP contribution in [0, 0.1) is 0 Å². The molecule has 1 amide bonds. The fourth-order valence-corrected chi connectivity index (χ4v) is 3.74. The van der Waals surface area contributed by atoms with Gasteiger partial charge < -0.3 is 9.88 Å². The summed E-state index contributed by atoms with van der Waals surface area (Å²) in [6.07, 6.45) is 2.58. The van der Waals surface area contributed by atoms with Crippen LogP contribution >= 0.6 is 15.9 Å². The van der Waals surface area contributed by atoms with Crippen molar-refractivity contribution in [1.82, 2.24) is 4.57 Å². The average Bonchev–Trinajstić information content (AvgIpc) is 2.87. The van der Waals surface area contributed by atoms with E-state index < -0.39 is 0 Å². The summed E-state index contributed by atoms with van der Waals surface area (Å²) in [4.78, 5) is 25.4. The lowest BCUT2D eigenvalue weighted by molar-refractivity contribution is 0.102. The van der Waals surface area contributed by atoms with Crippen LogP contribution in [0.1, 0.15) is 28.9 Å². The van der Waals surface area contributed by atoms with Crippen LogP contribution in [0.2, 0.25) is 0 Å². The molecule has 2 heterocycles. The van der Waals surface area contributed by atoms with Gasteiger partial charge in [-0.05, 0) is 43.2 Å². The lowest BCUT2D eigenvalue weighted by Crippen LogP contribution is -2.23. The van der Waals surface area contributed by atoms with Crippen molar-refractivity contribution in [2.45, 2.75) is 19.4 Å². The molecule has 24 heavy (non-hydrogen) atoms. The van der Waals surface area contributed by atoms with Crippen molar-refractivity contribution >= 4 is 38.4 Å². The minimum Gasteiger partial charge on any atom is -0.343 e. The van der Waals surface area contributed by atoms with Crippen molar-refractivity contribution in [3.8, 4) is 0 Å². The monoisotopic (exact) mass is 382 g/mol. The number of para-hydroxylation sites is 1. The number of anilines is 1. The smallest absolute Gasteiger partial charge is 0.261 e. The summed E-state index contributed by atoms with van der Waals surface area (Å²) in [5.41, 5.74) is 2.72. The molecule has 4 rings (SSSR count). The highest BCUT2D eigenvalue weighted by Gasteiger charge is 2.24. The molecule has 1 aliphatic heterocycles. The zero-order chi connectivity index (χ0) is 16.8. The molecule has 1 aliphatic rings. The van der Waals surface area contributed by atoms with Gasteiger partial charge in [0.15, 0.2) is 0 Å². The fourth-order valence-electron chi connectivity index (χ4n) is 3.34. The summed E-state index contributed by atoms with van der Waals surface area (Å²) < 4.78 is 2.91. The SMILES string of the molecule is C[C@H]1Cc2cccc3c(=O)c(C(=O)Nc4cccc(Br)c4)cn1c23. The number of pyridine rings is 1. The summed E-state index contributed by atoms with van der Waals surface area (Å²) in [5.74, 6) is -0.381. The average molecular weight is 383 g/mol. The molecule has 2 aromatic carbocycles. The Morgan fingerprint density at radius 2 is 2.04 bits per heavy atom. The van der Waals surface area contributed by atoms with Crippen LogP contribution in [-0.4, -0.2) is 10.5 Å². The van der Waals surface area contributed by atoms with E-state index in [-0.39, 0.29) is 22.9 Å². The van der Waals surface area contributed by atoms with E-state index >= 15 is 0 Å². The summed E-state index contributed by atoms with van der Waals surface area (Å²) in [6, 6.07) is 13.3. The molecule has 1 aromatic heterocycles. The zero-order valence-corrected chi connectivity index (χ0v) is 14.6. The third-order valence-corrected chi connectivity index (χ3v) is 4.95. The van der Waals surface area contributed by atoms with Crippen molar-refractivity contribution in [3.05, 3.63) is 74.5 Å². The third-order valence-electron chi connectivity index (χ3n) is 4.45. The molecule has 0 radical (unpaired) electrons. The van der Waals surface area contributed by atoms with Gasteiger partial charge in [-0.15, -0.1) is 0 Å². The van der Waals surface area contributed by atoms with Crippen molar-refractivity contribution in [3.63, 3.8) is 0 Å². The van der Waals surface area contributed by atoms with Crippen LogP contribution in [-0.2, 0) is 6.42 Å². The molecule has 0 saturated heterocycles. The number of hydrogen-bond donors (Lipinski definition) is 1. The fraction of sp³-hybridized carbons (Fsp3) is 0.158. The minimum atomic E-state index is -0.381. The molecule has 0 saturated carbocycles. The lowest BCUT2D eigenvalue weighted by atomic mass is 10.1. The van der Waals surface area contributed by atoms with E-state index in [0.29, 0.717) is 11.1 Å². The number of halogens is 1. The number of aromatic nitrogens is 1. The molecule has 0 fully saturated rings. The highest BCUT2D eigenvalue weighted by atomic mass is 79.9. The molecule has 1 N–H and O–H groups in total. The second-order valence-electron chi connectivity index (χ2n) is 6.11. The van der Waals surface area contributed by atoms with Crippen LogP contribution in [0.3, 0.4) is 0 Å². The third kappa shape index (κ3) is 2.36. The molecule has 0 bridgehead atoms. The first kappa shape index (κ1) is 15.1. The first-order chi connectivity index (χ1) is 11.5. The van der Waals surface area contributed by atoms with E-state index in [9.17, 15) is 9.59 Å². The van der Waals surface area contributed by atoms with E-state index in [0.717, 1.165) is 22.0 Å². The summed E-state index contributed by atoms with van der Waals surface area (Å²) in [6.45, 7) is 2.10. The normalized spacial score (nSPS) is 15.7. The Labute approximate surface area is 147 Å². The van der Waals surface area contributed by atoms with E-state index in [1.807, 2.05) is 28.8 Å². The molecule has 120 valence electrons. The van der Waals surface area contributed by atoms with Gasteiger partial charge in [-0.25, -0.2) is 0 Å². The van der Waals surface area contributed by atoms with Crippen molar-refractivity contribution in [1.29, 1.82) is 0 Å². The number of amides is 1. The molecule has 4 nitrogen and oxygen atoms in total. The molecular weight excluding hydrogens is 368 g/mol. The maximum Gasteiger partial charge on any atom is 0.261 e. The van der Waals surface area contributed by atoms with Gasteiger partial charge in [0, 0.05) is 27.8 Å². The zero-order valence-electron chi connectivity index (χ0n) is 13.0. The molecule has 0 spiro atoms. The van der Waals surface area contributed by atoms with Crippen molar-refractivity contribution in [2.24, 2.45) is 0 Å². The lowest BCUT2D eigenvalue weighted by Gasteiger charge is -2.12. The van der Waals surface area contributed by atoms with Gasteiger partial charge in [0.1, 0.15) is 5.56 Å². The van der Waals surface area contributed by atoms with E-state index in [4.69, 9.17) is 0 Å². The number of carbonyl (C=O) groups excluding carboxylic acids is 1. The van der Waals surface area contributed by atoms with Crippen LogP contribution < -0.4 is 10.7 Å². The van der Waals surface area contributed by atoms with Crippen LogP contribution in [0.4, 0.5) is 5.69 Å². The molecular formula is C19H15BrN2O2. The van der Waals surface area contributed by atoms with E-state index in [1.54, 1.807) is 24.4 Å². The van der Waals surface area contributed by atoms with Gasteiger partial charge >= 0.3 is 0 Å². The van der Waals surface area contributed by atoms with Crippen LogP contribution in [0.25, 0.3) is 10.9 Å². The Balaban J connectivity index is 1.82. The Morgan fingerprint density at radius 1 is 1.25 bits per heavy atom. The molecule has 1 atom stereocenters. The van der Waals surface area contributed by atoms with Crippen molar-refractivity contribution in [2.75, 3.05) is 5.32 Å². The first-order valence-electron chi connectivity index (χ1n) is 7.78. The highest BCUT2D eigenvalue weighted by molar-refractivity contribution is 9.10. The predicted molar refractivity (Wildman–Crippen MR) is 98.7 cm³/mol. The summed E-state index contributed by atoms with van der Waals surface area (Å²) in [7, 11) is 0. The molecule has 5 heteroatoms. The number of benzene rings is 2. The van der Waals surface area contributed by atoms with Crippen LogP contribution in [0.15, 0.2) is 57.9 Å².